The average molecular weight is 276 g/mol. The summed E-state index contributed by atoms with van der Waals surface area (Å²) in [5.74, 6) is 1.14. The lowest BCUT2D eigenvalue weighted by Crippen LogP contribution is -2.58. The van der Waals surface area contributed by atoms with E-state index in [1.54, 1.807) is 0 Å². The number of rotatable bonds is 4. The molecule has 1 saturated heterocycles. The topological polar surface area (TPSA) is 31.4 Å². The molecule has 0 atom stereocenters. The number of piperazine rings is 1. The molecule has 1 N–H and O–H groups in total. The predicted octanol–water partition coefficient (Wildman–Crippen LogP) is 2.11. The van der Waals surface area contributed by atoms with E-state index < -0.39 is 0 Å². The van der Waals surface area contributed by atoms with Gasteiger partial charge in [-0.05, 0) is 27.0 Å². The van der Waals surface area contributed by atoms with Gasteiger partial charge in [-0.2, -0.15) is 0 Å². The lowest BCUT2D eigenvalue weighted by atomic mass is 9.99. The molecule has 0 amide bonds. The van der Waals surface area contributed by atoms with Gasteiger partial charge in [0.2, 0.25) is 0 Å². The van der Waals surface area contributed by atoms with Crippen molar-refractivity contribution in [2.75, 3.05) is 31.6 Å². The van der Waals surface area contributed by atoms with Crippen molar-refractivity contribution in [3.05, 3.63) is 23.9 Å². The third-order valence-corrected chi connectivity index (χ3v) is 4.18. The first-order valence-electron chi connectivity index (χ1n) is 7.53. The number of anilines is 1. The number of nitrogens with one attached hydrogen (secondary N) is 1. The van der Waals surface area contributed by atoms with Crippen LogP contribution in [0.4, 0.5) is 5.82 Å². The van der Waals surface area contributed by atoms with Gasteiger partial charge in [0.05, 0.1) is 0 Å². The summed E-state index contributed by atoms with van der Waals surface area (Å²) in [7, 11) is 2.21. The standard InChI is InChI=1S/C16H28N4/c1-13(2)18-11-14-7-6-8-17-15(14)20-10-9-19(5)16(3,4)12-20/h6-8,13,18H,9-12H2,1-5H3. The third-order valence-electron chi connectivity index (χ3n) is 4.18. The molecule has 0 aromatic carbocycles. The van der Waals surface area contributed by atoms with Gasteiger partial charge >= 0.3 is 0 Å². The maximum Gasteiger partial charge on any atom is 0.133 e. The fraction of sp³-hybridized carbons (Fsp3) is 0.688. The minimum absolute atomic E-state index is 0.193. The highest BCUT2D eigenvalue weighted by molar-refractivity contribution is 5.47. The zero-order chi connectivity index (χ0) is 14.8. The first kappa shape index (κ1) is 15.3. The number of likely N-dealkylation sites (N-methyl/N-ethyl adjacent to an activating group) is 1. The molecule has 0 spiro atoms. The highest BCUT2D eigenvalue weighted by atomic mass is 15.3. The maximum atomic E-state index is 4.64. The molecule has 2 heterocycles. The van der Waals surface area contributed by atoms with Gasteiger partial charge in [-0.15, -0.1) is 0 Å². The monoisotopic (exact) mass is 276 g/mol. The van der Waals surface area contributed by atoms with Crippen LogP contribution in [-0.4, -0.2) is 48.1 Å². The van der Waals surface area contributed by atoms with E-state index in [1.807, 2.05) is 12.3 Å². The van der Waals surface area contributed by atoms with Crippen LogP contribution in [0, 0.1) is 0 Å². The van der Waals surface area contributed by atoms with Crippen molar-refractivity contribution in [1.29, 1.82) is 0 Å². The zero-order valence-electron chi connectivity index (χ0n) is 13.5. The van der Waals surface area contributed by atoms with Crippen LogP contribution in [0.15, 0.2) is 18.3 Å². The summed E-state index contributed by atoms with van der Waals surface area (Å²) in [6.07, 6.45) is 1.90. The summed E-state index contributed by atoms with van der Waals surface area (Å²) in [6, 6.07) is 4.71. The van der Waals surface area contributed by atoms with E-state index in [2.05, 4.69) is 60.9 Å². The minimum atomic E-state index is 0.193. The van der Waals surface area contributed by atoms with Crippen LogP contribution in [0.2, 0.25) is 0 Å². The second-order valence-electron chi connectivity index (χ2n) is 6.68. The quantitative estimate of drug-likeness (QED) is 0.912. The maximum absolute atomic E-state index is 4.64. The Kier molecular flexibility index (Phi) is 4.66. The number of nitrogens with zero attached hydrogens (tertiary/aromatic N) is 3. The Morgan fingerprint density at radius 2 is 2.10 bits per heavy atom. The molecule has 1 fully saturated rings. The van der Waals surface area contributed by atoms with E-state index in [0.29, 0.717) is 6.04 Å². The van der Waals surface area contributed by atoms with Gasteiger partial charge in [0, 0.05) is 49.5 Å². The zero-order valence-corrected chi connectivity index (χ0v) is 13.5. The van der Waals surface area contributed by atoms with Crippen LogP contribution in [0.3, 0.4) is 0 Å². The van der Waals surface area contributed by atoms with Gasteiger partial charge in [0.15, 0.2) is 0 Å². The molecule has 0 radical (unpaired) electrons. The molecular weight excluding hydrogens is 248 g/mol. The fourth-order valence-corrected chi connectivity index (χ4v) is 2.59. The summed E-state index contributed by atoms with van der Waals surface area (Å²) in [4.78, 5) is 9.50. The molecular formula is C16H28N4. The first-order valence-corrected chi connectivity index (χ1v) is 7.53. The molecule has 112 valence electrons. The van der Waals surface area contributed by atoms with Crippen molar-refractivity contribution < 1.29 is 0 Å². The van der Waals surface area contributed by atoms with E-state index in [-0.39, 0.29) is 5.54 Å². The van der Waals surface area contributed by atoms with Crippen molar-refractivity contribution in [1.82, 2.24) is 15.2 Å². The van der Waals surface area contributed by atoms with Crippen LogP contribution in [-0.2, 0) is 6.54 Å². The molecule has 0 bridgehead atoms. The molecule has 2 rings (SSSR count). The molecule has 4 nitrogen and oxygen atoms in total. The van der Waals surface area contributed by atoms with Crippen molar-refractivity contribution in [2.45, 2.75) is 45.8 Å². The smallest absolute Gasteiger partial charge is 0.133 e. The second kappa shape index (κ2) is 6.10. The van der Waals surface area contributed by atoms with Gasteiger partial charge in [-0.25, -0.2) is 4.98 Å². The van der Waals surface area contributed by atoms with E-state index in [9.17, 15) is 0 Å². The van der Waals surface area contributed by atoms with Gasteiger partial charge in [-0.1, -0.05) is 19.9 Å². The summed E-state index contributed by atoms with van der Waals surface area (Å²) < 4.78 is 0. The largest absolute Gasteiger partial charge is 0.353 e. The van der Waals surface area contributed by atoms with Crippen molar-refractivity contribution >= 4 is 5.82 Å². The van der Waals surface area contributed by atoms with Gasteiger partial charge < -0.3 is 10.2 Å². The molecule has 0 unspecified atom stereocenters. The lowest BCUT2D eigenvalue weighted by Gasteiger charge is -2.46. The van der Waals surface area contributed by atoms with Crippen LogP contribution in [0.1, 0.15) is 33.3 Å². The lowest BCUT2D eigenvalue weighted by molar-refractivity contribution is 0.138. The van der Waals surface area contributed by atoms with E-state index in [4.69, 9.17) is 0 Å². The number of hydrogen-bond acceptors (Lipinski definition) is 4. The van der Waals surface area contributed by atoms with Crippen molar-refractivity contribution in [3.8, 4) is 0 Å². The van der Waals surface area contributed by atoms with E-state index >= 15 is 0 Å². The van der Waals surface area contributed by atoms with E-state index in [1.165, 1.54) is 5.56 Å². The highest BCUT2D eigenvalue weighted by Gasteiger charge is 2.32. The van der Waals surface area contributed by atoms with Crippen molar-refractivity contribution in [2.24, 2.45) is 0 Å². The average Bonchev–Trinajstić information content (AvgIpc) is 2.40. The molecule has 4 heteroatoms. The second-order valence-corrected chi connectivity index (χ2v) is 6.68. The van der Waals surface area contributed by atoms with Crippen LogP contribution in [0.5, 0.6) is 0 Å². The first-order chi connectivity index (χ1) is 9.40. The van der Waals surface area contributed by atoms with Gasteiger partial charge in [0.25, 0.3) is 0 Å². The summed E-state index contributed by atoms with van der Waals surface area (Å²) in [5, 5.41) is 3.49. The highest BCUT2D eigenvalue weighted by Crippen LogP contribution is 2.25. The minimum Gasteiger partial charge on any atom is -0.353 e. The number of pyridine rings is 1. The Hall–Kier alpha value is -1.13. The Morgan fingerprint density at radius 3 is 2.75 bits per heavy atom. The summed E-state index contributed by atoms with van der Waals surface area (Å²) in [5.41, 5.74) is 1.49. The van der Waals surface area contributed by atoms with Crippen molar-refractivity contribution in [3.63, 3.8) is 0 Å². The number of aromatic nitrogens is 1. The van der Waals surface area contributed by atoms with E-state index in [0.717, 1.165) is 32.0 Å². The number of hydrogen-bond donors (Lipinski definition) is 1. The van der Waals surface area contributed by atoms with Gasteiger partial charge in [-0.3, -0.25) is 4.90 Å². The summed E-state index contributed by atoms with van der Waals surface area (Å²) in [6.45, 7) is 13.0. The Labute approximate surface area is 123 Å². The SMILES string of the molecule is CC(C)NCc1cccnc1N1CCN(C)C(C)(C)C1. The molecule has 0 saturated carbocycles. The predicted molar refractivity (Wildman–Crippen MR) is 85.1 cm³/mol. The molecule has 1 aliphatic heterocycles. The Bertz CT molecular complexity index is 442. The Morgan fingerprint density at radius 1 is 1.35 bits per heavy atom. The summed E-state index contributed by atoms with van der Waals surface area (Å²) >= 11 is 0. The fourth-order valence-electron chi connectivity index (χ4n) is 2.59. The normalized spacial score (nSPS) is 19.6. The van der Waals surface area contributed by atoms with Crippen LogP contribution >= 0.6 is 0 Å². The Balaban J connectivity index is 2.16. The molecule has 20 heavy (non-hydrogen) atoms. The molecule has 1 aromatic heterocycles. The van der Waals surface area contributed by atoms with Gasteiger partial charge in [0.1, 0.15) is 5.82 Å². The van der Waals surface area contributed by atoms with Crippen LogP contribution < -0.4 is 10.2 Å². The molecule has 0 aliphatic carbocycles. The molecule has 1 aliphatic rings. The van der Waals surface area contributed by atoms with Crippen LogP contribution in [0.25, 0.3) is 0 Å². The molecule has 1 aromatic rings. The third kappa shape index (κ3) is 3.49.